The standard InChI is InChI=1S/C10H18O4S/c1-7-4-5-9(8(2)11)6-10(7)14-15(3,12)13/h7,9-10H,4-6H2,1-3H3/t7-,9?,10-/m0/s1. The lowest BCUT2D eigenvalue weighted by molar-refractivity contribution is -0.123. The summed E-state index contributed by atoms with van der Waals surface area (Å²) in [6, 6.07) is 0. The van der Waals surface area contributed by atoms with E-state index in [-0.39, 0.29) is 23.7 Å². The summed E-state index contributed by atoms with van der Waals surface area (Å²) in [6.07, 6.45) is 2.95. The predicted octanol–water partition coefficient (Wildman–Crippen LogP) is 1.36. The third kappa shape index (κ3) is 3.91. The minimum Gasteiger partial charge on any atom is -0.300 e. The van der Waals surface area contributed by atoms with Crippen molar-refractivity contribution in [2.45, 2.75) is 39.2 Å². The molecule has 0 N–H and O–H groups in total. The molecule has 0 saturated heterocycles. The van der Waals surface area contributed by atoms with Gasteiger partial charge in [-0.05, 0) is 32.1 Å². The fourth-order valence-corrected chi connectivity index (χ4v) is 2.73. The molecule has 0 spiro atoms. The molecule has 15 heavy (non-hydrogen) atoms. The maximum Gasteiger partial charge on any atom is 0.264 e. The number of carbonyl (C=O) groups is 1. The van der Waals surface area contributed by atoms with Gasteiger partial charge in [0.2, 0.25) is 0 Å². The summed E-state index contributed by atoms with van der Waals surface area (Å²) in [7, 11) is -3.42. The zero-order chi connectivity index (χ0) is 11.6. The van der Waals surface area contributed by atoms with Crippen LogP contribution in [0.4, 0.5) is 0 Å². The summed E-state index contributed by atoms with van der Waals surface area (Å²) in [6.45, 7) is 3.52. The van der Waals surface area contributed by atoms with Gasteiger partial charge in [-0.15, -0.1) is 0 Å². The Labute approximate surface area is 91.1 Å². The Morgan fingerprint density at radius 2 is 1.93 bits per heavy atom. The van der Waals surface area contributed by atoms with Crippen LogP contribution < -0.4 is 0 Å². The van der Waals surface area contributed by atoms with E-state index in [2.05, 4.69) is 0 Å². The summed E-state index contributed by atoms with van der Waals surface area (Å²) in [5.74, 6) is 0.298. The number of hydrogen-bond acceptors (Lipinski definition) is 4. The van der Waals surface area contributed by atoms with Crippen LogP contribution >= 0.6 is 0 Å². The van der Waals surface area contributed by atoms with Crippen LogP contribution in [-0.2, 0) is 19.1 Å². The van der Waals surface area contributed by atoms with E-state index in [4.69, 9.17) is 4.18 Å². The van der Waals surface area contributed by atoms with Crippen molar-refractivity contribution in [3.8, 4) is 0 Å². The van der Waals surface area contributed by atoms with Gasteiger partial charge in [-0.2, -0.15) is 8.42 Å². The van der Waals surface area contributed by atoms with Gasteiger partial charge in [0, 0.05) is 5.92 Å². The van der Waals surface area contributed by atoms with Crippen molar-refractivity contribution in [3.05, 3.63) is 0 Å². The largest absolute Gasteiger partial charge is 0.300 e. The number of rotatable bonds is 3. The Morgan fingerprint density at radius 3 is 2.40 bits per heavy atom. The summed E-state index contributed by atoms with van der Waals surface area (Å²) < 4.78 is 27.0. The average molecular weight is 234 g/mol. The summed E-state index contributed by atoms with van der Waals surface area (Å²) >= 11 is 0. The molecule has 0 heterocycles. The van der Waals surface area contributed by atoms with Gasteiger partial charge >= 0.3 is 0 Å². The number of ketones is 1. The second kappa shape index (κ2) is 4.61. The molecule has 0 radical (unpaired) electrons. The lowest BCUT2D eigenvalue weighted by Crippen LogP contribution is -2.34. The lowest BCUT2D eigenvalue weighted by Gasteiger charge is -2.31. The molecular formula is C10H18O4S. The van der Waals surface area contributed by atoms with Crippen LogP contribution in [0.15, 0.2) is 0 Å². The third-order valence-electron chi connectivity index (χ3n) is 3.00. The molecule has 1 aliphatic rings. The molecule has 0 amide bonds. The van der Waals surface area contributed by atoms with Crippen LogP contribution in [0.3, 0.4) is 0 Å². The molecule has 1 rings (SSSR count). The van der Waals surface area contributed by atoms with Crippen LogP contribution in [0.25, 0.3) is 0 Å². The normalized spacial score (nSPS) is 32.6. The van der Waals surface area contributed by atoms with Crippen LogP contribution in [0.2, 0.25) is 0 Å². The van der Waals surface area contributed by atoms with E-state index < -0.39 is 10.1 Å². The molecule has 0 aromatic rings. The Hall–Kier alpha value is -0.420. The van der Waals surface area contributed by atoms with E-state index in [1.54, 1.807) is 6.92 Å². The number of carbonyl (C=O) groups excluding carboxylic acids is 1. The third-order valence-corrected chi connectivity index (χ3v) is 3.59. The number of hydrogen-bond donors (Lipinski definition) is 0. The predicted molar refractivity (Wildman–Crippen MR) is 56.9 cm³/mol. The van der Waals surface area contributed by atoms with Crippen LogP contribution in [0.1, 0.15) is 33.1 Å². The molecule has 0 aromatic carbocycles. The lowest BCUT2D eigenvalue weighted by atomic mass is 9.79. The summed E-state index contributed by atoms with van der Waals surface area (Å²) in [5, 5.41) is 0. The van der Waals surface area contributed by atoms with Crippen molar-refractivity contribution in [1.82, 2.24) is 0 Å². The minimum atomic E-state index is -3.42. The van der Waals surface area contributed by atoms with Crippen molar-refractivity contribution in [2.75, 3.05) is 6.26 Å². The first kappa shape index (κ1) is 12.6. The molecule has 1 fully saturated rings. The highest BCUT2D eigenvalue weighted by molar-refractivity contribution is 7.86. The van der Waals surface area contributed by atoms with Crippen molar-refractivity contribution >= 4 is 15.9 Å². The highest BCUT2D eigenvalue weighted by Crippen LogP contribution is 2.32. The number of Topliss-reactive ketones (excluding diaryl/α,β-unsaturated/α-hetero) is 1. The molecule has 88 valence electrons. The Balaban J connectivity index is 2.66. The van der Waals surface area contributed by atoms with Crippen LogP contribution in [0, 0.1) is 11.8 Å². The van der Waals surface area contributed by atoms with E-state index in [1.807, 2.05) is 6.92 Å². The molecular weight excluding hydrogens is 216 g/mol. The van der Waals surface area contributed by atoms with Gasteiger partial charge in [-0.1, -0.05) is 6.92 Å². The molecule has 0 aliphatic heterocycles. The van der Waals surface area contributed by atoms with Gasteiger partial charge in [0.05, 0.1) is 12.4 Å². The molecule has 0 bridgehead atoms. The van der Waals surface area contributed by atoms with Crippen molar-refractivity contribution in [2.24, 2.45) is 11.8 Å². The molecule has 1 saturated carbocycles. The van der Waals surface area contributed by atoms with Gasteiger partial charge in [0.1, 0.15) is 5.78 Å². The SMILES string of the molecule is CC(=O)C1CC[C@H](C)[C@@H](OS(C)(=O)=O)C1. The van der Waals surface area contributed by atoms with E-state index in [1.165, 1.54) is 0 Å². The summed E-state index contributed by atoms with van der Waals surface area (Å²) in [5.41, 5.74) is 0. The van der Waals surface area contributed by atoms with Crippen molar-refractivity contribution in [3.63, 3.8) is 0 Å². The maximum atomic E-state index is 11.2. The van der Waals surface area contributed by atoms with Gasteiger partial charge in [0.25, 0.3) is 10.1 Å². The second-order valence-corrected chi connectivity index (χ2v) is 6.04. The summed E-state index contributed by atoms with van der Waals surface area (Å²) in [4.78, 5) is 11.2. The van der Waals surface area contributed by atoms with E-state index in [0.29, 0.717) is 6.42 Å². The fraction of sp³-hybridized carbons (Fsp3) is 0.900. The average Bonchev–Trinajstić information content (AvgIpc) is 2.06. The van der Waals surface area contributed by atoms with E-state index >= 15 is 0 Å². The Bertz CT molecular complexity index is 333. The smallest absolute Gasteiger partial charge is 0.264 e. The topological polar surface area (TPSA) is 60.4 Å². The van der Waals surface area contributed by atoms with Crippen LogP contribution in [-0.4, -0.2) is 26.6 Å². The van der Waals surface area contributed by atoms with E-state index in [9.17, 15) is 13.2 Å². The first-order valence-electron chi connectivity index (χ1n) is 5.18. The minimum absolute atomic E-state index is 0.0343. The Kier molecular flexibility index (Phi) is 3.89. The molecule has 3 atom stereocenters. The van der Waals surface area contributed by atoms with Gasteiger partial charge < -0.3 is 0 Å². The molecule has 0 aromatic heterocycles. The van der Waals surface area contributed by atoms with Gasteiger partial charge in [-0.25, -0.2) is 0 Å². The Morgan fingerprint density at radius 1 is 1.33 bits per heavy atom. The molecule has 4 nitrogen and oxygen atoms in total. The van der Waals surface area contributed by atoms with Crippen molar-refractivity contribution in [1.29, 1.82) is 0 Å². The highest BCUT2D eigenvalue weighted by atomic mass is 32.2. The fourth-order valence-electron chi connectivity index (χ4n) is 2.01. The maximum absolute atomic E-state index is 11.2. The molecule has 5 heteroatoms. The zero-order valence-corrected chi connectivity index (χ0v) is 10.2. The highest BCUT2D eigenvalue weighted by Gasteiger charge is 2.32. The first-order chi connectivity index (χ1) is 6.79. The quantitative estimate of drug-likeness (QED) is 0.692. The van der Waals surface area contributed by atoms with Crippen LogP contribution in [0.5, 0.6) is 0 Å². The first-order valence-corrected chi connectivity index (χ1v) is 7.00. The zero-order valence-electron chi connectivity index (χ0n) is 9.39. The van der Waals surface area contributed by atoms with Crippen molar-refractivity contribution < 1.29 is 17.4 Å². The second-order valence-electron chi connectivity index (χ2n) is 4.44. The van der Waals surface area contributed by atoms with E-state index in [0.717, 1.165) is 19.1 Å². The van der Waals surface area contributed by atoms with Gasteiger partial charge in [0.15, 0.2) is 0 Å². The monoisotopic (exact) mass is 234 g/mol. The molecule has 1 unspecified atom stereocenters. The molecule has 1 aliphatic carbocycles. The van der Waals surface area contributed by atoms with Gasteiger partial charge in [-0.3, -0.25) is 8.98 Å².